The number of carbonyl (C=O) groups excluding carboxylic acids is 1. The molecule has 0 saturated carbocycles. The maximum absolute atomic E-state index is 12.4. The number of rotatable bonds is 5. The van der Waals surface area contributed by atoms with Crippen molar-refractivity contribution < 1.29 is 4.79 Å². The molecule has 1 amide bonds. The van der Waals surface area contributed by atoms with Crippen molar-refractivity contribution in [1.29, 1.82) is 0 Å². The normalized spacial score (nSPS) is 10.9. The number of nitrogens with zero attached hydrogens (tertiary/aromatic N) is 4. The zero-order valence-electron chi connectivity index (χ0n) is 15.1. The van der Waals surface area contributed by atoms with Gasteiger partial charge in [0.1, 0.15) is 0 Å². The van der Waals surface area contributed by atoms with Crippen LogP contribution in [0.25, 0.3) is 0 Å². The van der Waals surface area contributed by atoms with Gasteiger partial charge in [0, 0.05) is 29.6 Å². The van der Waals surface area contributed by atoms with E-state index in [1.165, 1.54) is 0 Å². The lowest BCUT2D eigenvalue weighted by atomic mass is 10.1. The topological polar surface area (TPSA) is 64.7 Å². The van der Waals surface area contributed by atoms with Crippen LogP contribution in [0.3, 0.4) is 0 Å². The highest BCUT2D eigenvalue weighted by atomic mass is 16.1. The molecule has 0 saturated heterocycles. The minimum atomic E-state index is -0.118. The number of aromatic nitrogens is 4. The minimum absolute atomic E-state index is 0.118. The van der Waals surface area contributed by atoms with E-state index in [4.69, 9.17) is 0 Å². The van der Waals surface area contributed by atoms with Gasteiger partial charge in [-0.15, -0.1) is 0 Å². The summed E-state index contributed by atoms with van der Waals surface area (Å²) >= 11 is 0. The summed E-state index contributed by atoms with van der Waals surface area (Å²) in [7, 11) is 0. The molecular formula is C19H23N5O. The zero-order valence-corrected chi connectivity index (χ0v) is 15.1. The summed E-state index contributed by atoms with van der Waals surface area (Å²) < 4.78 is 3.77. The number of hydrogen-bond acceptors (Lipinski definition) is 3. The summed E-state index contributed by atoms with van der Waals surface area (Å²) in [5, 5.41) is 11.6. The first-order valence-corrected chi connectivity index (χ1v) is 8.40. The fraction of sp³-hybridized carbons (Fsp3) is 0.316. The minimum Gasteiger partial charge on any atom is -0.319 e. The molecule has 0 unspecified atom stereocenters. The van der Waals surface area contributed by atoms with Crippen LogP contribution in [-0.4, -0.2) is 25.5 Å². The summed E-state index contributed by atoms with van der Waals surface area (Å²) in [6, 6.07) is 5.80. The lowest BCUT2D eigenvalue weighted by Gasteiger charge is -2.06. The molecule has 0 fully saturated rings. The number of hydrogen-bond donors (Lipinski definition) is 1. The maximum Gasteiger partial charge on any atom is 0.256 e. The van der Waals surface area contributed by atoms with Crippen LogP contribution in [0.15, 0.2) is 36.8 Å². The van der Waals surface area contributed by atoms with Crippen LogP contribution >= 0.6 is 0 Å². The Morgan fingerprint density at radius 1 is 1.16 bits per heavy atom. The van der Waals surface area contributed by atoms with Gasteiger partial charge in [-0.3, -0.25) is 14.2 Å². The molecule has 0 spiro atoms. The van der Waals surface area contributed by atoms with Crippen LogP contribution in [0, 0.1) is 20.8 Å². The molecule has 3 aromatic rings. The van der Waals surface area contributed by atoms with E-state index in [0.717, 1.165) is 28.9 Å². The molecule has 6 heteroatoms. The van der Waals surface area contributed by atoms with Crippen LogP contribution in [0.2, 0.25) is 0 Å². The Labute approximate surface area is 147 Å². The zero-order chi connectivity index (χ0) is 18.0. The first kappa shape index (κ1) is 17.0. The molecule has 0 bridgehead atoms. The van der Waals surface area contributed by atoms with Crippen molar-refractivity contribution in [2.45, 2.75) is 40.8 Å². The number of aryl methyl sites for hydroxylation is 3. The lowest BCUT2D eigenvalue weighted by molar-refractivity contribution is 0.102. The Kier molecular flexibility index (Phi) is 4.70. The molecule has 0 aliphatic carbocycles. The van der Waals surface area contributed by atoms with Crippen LogP contribution in [0.4, 0.5) is 5.69 Å². The van der Waals surface area contributed by atoms with Gasteiger partial charge < -0.3 is 5.32 Å². The Morgan fingerprint density at radius 2 is 1.96 bits per heavy atom. The fourth-order valence-electron chi connectivity index (χ4n) is 2.92. The Balaban J connectivity index is 1.71. The monoisotopic (exact) mass is 337 g/mol. The summed E-state index contributed by atoms with van der Waals surface area (Å²) in [5.74, 6) is -0.118. The maximum atomic E-state index is 12.4. The molecule has 3 rings (SSSR count). The highest BCUT2D eigenvalue weighted by molar-refractivity contribution is 6.05. The molecular weight excluding hydrogens is 314 g/mol. The fourth-order valence-corrected chi connectivity index (χ4v) is 2.92. The first-order valence-electron chi connectivity index (χ1n) is 8.40. The van der Waals surface area contributed by atoms with E-state index >= 15 is 0 Å². The number of nitrogens with one attached hydrogen (secondary N) is 1. The summed E-state index contributed by atoms with van der Waals surface area (Å²) in [6.07, 6.45) is 5.37. The highest BCUT2D eigenvalue weighted by Crippen LogP contribution is 2.15. The third kappa shape index (κ3) is 3.63. The Bertz CT molecular complexity index is 906. The molecule has 25 heavy (non-hydrogen) atoms. The van der Waals surface area contributed by atoms with E-state index in [1.54, 1.807) is 6.20 Å². The quantitative estimate of drug-likeness (QED) is 0.777. The van der Waals surface area contributed by atoms with Crippen molar-refractivity contribution in [1.82, 2.24) is 19.6 Å². The van der Waals surface area contributed by atoms with Gasteiger partial charge in [0.15, 0.2) is 0 Å². The number of benzene rings is 1. The Morgan fingerprint density at radius 3 is 2.64 bits per heavy atom. The van der Waals surface area contributed by atoms with E-state index in [1.807, 2.05) is 53.8 Å². The van der Waals surface area contributed by atoms with Crippen LogP contribution in [-0.2, 0) is 13.1 Å². The van der Waals surface area contributed by atoms with Gasteiger partial charge in [0.05, 0.1) is 24.6 Å². The van der Waals surface area contributed by atoms with E-state index < -0.39 is 0 Å². The van der Waals surface area contributed by atoms with Crippen LogP contribution < -0.4 is 5.32 Å². The predicted octanol–water partition coefficient (Wildman–Crippen LogP) is 3.33. The van der Waals surface area contributed by atoms with Crippen molar-refractivity contribution in [2.24, 2.45) is 0 Å². The number of amides is 1. The van der Waals surface area contributed by atoms with Gasteiger partial charge in [-0.05, 0) is 39.3 Å². The van der Waals surface area contributed by atoms with Gasteiger partial charge in [-0.2, -0.15) is 10.2 Å². The summed E-state index contributed by atoms with van der Waals surface area (Å²) in [5.41, 5.74) is 5.73. The second-order valence-electron chi connectivity index (χ2n) is 6.27. The lowest BCUT2D eigenvalue weighted by Crippen LogP contribution is -2.13. The molecule has 0 atom stereocenters. The molecule has 130 valence electrons. The second-order valence-corrected chi connectivity index (χ2v) is 6.27. The molecule has 1 aromatic carbocycles. The van der Waals surface area contributed by atoms with Crippen LogP contribution in [0.5, 0.6) is 0 Å². The molecule has 1 N–H and O–H groups in total. The standard InChI is InChI=1S/C19H23N5O/c1-5-24-15(4)16(9-21-24)11-23-12-17(10-20-23)22-19(25)18-7-6-13(2)8-14(18)3/h6-10,12H,5,11H2,1-4H3,(H,22,25). The predicted molar refractivity (Wildman–Crippen MR) is 97.8 cm³/mol. The largest absolute Gasteiger partial charge is 0.319 e. The molecule has 2 aromatic heterocycles. The molecule has 0 aliphatic heterocycles. The number of anilines is 1. The average molecular weight is 337 g/mol. The molecule has 6 nitrogen and oxygen atoms in total. The van der Waals surface area contributed by atoms with E-state index in [9.17, 15) is 4.79 Å². The van der Waals surface area contributed by atoms with Gasteiger partial charge >= 0.3 is 0 Å². The third-order valence-electron chi connectivity index (χ3n) is 4.35. The average Bonchev–Trinajstić information content (AvgIpc) is 3.15. The summed E-state index contributed by atoms with van der Waals surface area (Å²) in [6.45, 7) is 9.56. The van der Waals surface area contributed by atoms with Gasteiger partial charge in [0.25, 0.3) is 5.91 Å². The molecule has 0 radical (unpaired) electrons. The van der Waals surface area contributed by atoms with E-state index in [2.05, 4.69) is 29.4 Å². The molecule has 2 heterocycles. The Hall–Kier alpha value is -2.89. The van der Waals surface area contributed by atoms with Crippen molar-refractivity contribution >= 4 is 11.6 Å². The highest BCUT2D eigenvalue weighted by Gasteiger charge is 2.11. The van der Waals surface area contributed by atoms with Gasteiger partial charge in [-0.1, -0.05) is 17.7 Å². The summed E-state index contributed by atoms with van der Waals surface area (Å²) in [4.78, 5) is 12.4. The van der Waals surface area contributed by atoms with Crippen molar-refractivity contribution in [3.63, 3.8) is 0 Å². The van der Waals surface area contributed by atoms with E-state index in [-0.39, 0.29) is 5.91 Å². The second kappa shape index (κ2) is 6.93. The third-order valence-corrected chi connectivity index (χ3v) is 4.35. The van der Waals surface area contributed by atoms with E-state index in [0.29, 0.717) is 17.8 Å². The van der Waals surface area contributed by atoms with Crippen molar-refractivity contribution in [3.05, 3.63) is 64.7 Å². The SMILES string of the molecule is CCn1ncc(Cn2cc(NC(=O)c3ccc(C)cc3C)cn2)c1C. The van der Waals surface area contributed by atoms with Crippen LogP contribution in [0.1, 0.15) is 39.7 Å². The van der Waals surface area contributed by atoms with Gasteiger partial charge in [0.2, 0.25) is 0 Å². The van der Waals surface area contributed by atoms with Gasteiger partial charge in [-0.25, -0.2) is 0 Å². The first-order chi connectivity index (χ1) is 12.0. The smallest absolute Gasteiger partial charge is 0.256 e. The molecule has 0 aliphatic rings. The van der Waals surface area contributed by atoms with Crippen molar-refractivity contribution in [2.75, 3.05) is 5.32 Å². The van der Waals surface area contributed by atoms with Crippen molar-refractivity contribution in [3.8, 4) is 0 Å². The number of carbonyl (C=O) groups is 1.